The molecule has 0 fully saturated rings. The summed E-state index contributed by atoms with van der Waals surface area (Å²) in [5.41, 5.74) is 2.42. The van der Waals surface area contributed by atoms with Crippen molar-refractivity contribution in [3.8, 4) is 0 Å². The van der Waals surface area contributed by atoms with Gasteiger partial charge in [0.2, 0.25) is 0 Å². The monoisotopic (exact) mass is 259 g/mol. The Balaban J connectivity index is 1.87. The molecule has 0 unspecified atom stereocenters. The molecule has 4 heteroatoms. The zero-order chi connectivity index (χ0) is 12.5. The summed E-state index contributed by atoms with van der Waals surface area (Å²) < 4.78 is 4.15. The van der Waals surface area contributed by atoms with Gasteiger partial charge in [0.25, 0.3) is 0 Å². The minimum absolute atomic E-state index is 0.812. The molecule has 2 aromatic heterocycles. The second kappa shape index (κ2) is 4.50. The highest BCUT2D eigenvalue weighted by Gasteiger charge is 2.05. The SMILES string of the molecule is Cn1nccc1CCn1ccc2c(Cl)cccc21. The van der Waals surface area contributed by atoms with Gasteiger partial charge >= 0.3 is 0 Å². The van der Waals surface area contributed by atoms with E-state index in [2.05, 4.69) is 34.1 Å². The highest BCUT2D eigenvalue weighted by molar-refractivity contribution is 6.35. The van der Waals surface area contributed by atoms with E-state index in [0.29, 0.717) is 0 Å². The molecule has 0 radical (unpaired) electrons. The molecule has 3 nitrogen and oxygen atoms in total. The van der Waals surface area contributed by atoms with Crippen LogP contribution in [0, 0.1) is 0 Å². The van der Waals surface area contributed by atoms with Crippen LogP contribution in [0.15, 0.2) is 42.7 Å². The molecule has 1 aromatic carbocycles. The van der Waals surface area contributed by atoms with Crippen LogP contribution in [0.4, 0.5) is 0 Å². The molecule has 18 heavy (non-hydrogen) atoms. The number of hydrogen-bond donors (Lipinski definition) is 0. The van der Waals surface area contributed by atoms with Crippen molar-refractivity contribution in [2.75, 3.05) is 0 Å². The van der Waals surface area contributed by atoms with Gasteiger partial charge in [0.1, 0.15) is 0 Å². The largest absolute Gasteiger partial charge is 0.347 e. The minimum Gasteiger partial charge on any atom is -0.347 e. The molecule has 3 rings (SSSR count). The van der Waals surface area contributed by atoms with Gasteiger partial charge in [0.05, 0.1) is 0 Å². The van der Waals surface area contributed by atoms with Gasteiger partial charge in [-0.05, 0) is 24.3 Å². The minimum atomic E-state index is 0.812. The Morgan fingerprint density at radius 2 is 2.11 bits per heavy atom. The fraction of sp³-hybridized carbons (Fsp3) is 0.214. The van der Waals surface area contributed by atoms with Gasteiger partial charge in [0.15, 0.2) is 0 Å². The van der Waals surface area contributed by atoms with E-state index in [1.54, 1.807) is 0 Å². The van der Waals surface area contributed by atoms with Gasteiger partial charge in [-0.2, -0.15) is 5.10 Å². The fourth-order valence-corrected chi connectivity index (χ4v) is 2.49. The predicted molar refractivity (Wildman–Crippen MR) is 73.9 cm³/mol. The van der Waals surface area contributed by atoms with Crippen molar-refractivity contribution in [1.82, 2.24) is 14.3 Å². The lowest BCUT2D eigenvalue weighted by atomic mass is 10.2. The summed E-state index contributed by atoms with van der Waals surface area (Å²) in [6.07, 6.45) is 4.89. The Bertz CT molecular complexity index is 681. The normalized spacial score (nSPS) is 11.2. The molecule has 0 saturated heterocycles. The van der Waals surface area contributed by atoms with Crippen molar-refractivity contribution < 1.29 is 0 Å². The van der Waals surface area contributed by atoms with Gasteiger partial charge in [0, 0.05) is 54.0 Å². The van der Waals surface area contributed by atoms with Crippen LogP contribution in [0.2, 0.25) is 5.02 Å². The quantitative estimate of drug-likeness (QED) is 0.708. The number of aryl methyl sites for hydroxylation is 3. The van der Waals surface area contributed by atoms with Gasteiger partial charge < -0.3 is 4.57 Å². The molecule has 0 saturated carbocycles. The van der Waals surface area contributed by atoms with Crippen LogP contribution in [0.1, 0.15) is 5.69 Å². The zero-order valence-electron chi connectivity index (χ0n) is 10.2. The van der Waals surface area contributed by atoms with Crippen LogP contribution in [0.5, 0.6) is 0 Å². The maximum absolute atomic E-state index is 6.17. The third-order valence-corrected chi connectivity index (χ3v) is 3.62. The average Bonchev–Trinajstić information content (AvgIpc) is 2.94. The molecule has 0 aliphatic heterocycles. The Labute approximate surface area is 111 Å². The zero-order valence-corrected chi connectivity index (χ0v) is 10.9. The summed E-state index contributed by atoms with van der Waals surface area (Å²) in [7, 11) is 1.97. The molecular formula is C14H14ClN3. The molecule has 0 bridgehead atoms. The Hall–Kier alpha value is -1.74. The van der Waals surface area contributed by atoms with Crippen LogP contribution >= 0.6 is 11.6 Å². The van der Waals surface area contributed by atoms with Crippen LogP contribution in [0.25, 0.3) is 10.9 Å². The number of hydrogen-bond acceptors (Lipinski definition) is 1. The predicted octanol–water partition coefficient (Wildman–Crippen LogP) is 3.27. The number of rotatable bonds is 3. The average molecular weight is 260 g/mol. The lowest BCUT2D eigenvalue weighted by Crippen LogP contribution is -2.04. The third-order valence-electron chi connectivity index (χ3n) is 3.29. The van der Waals surface area contributed by atoms with Crippen LogP contribution in [-0.2, 0) is 20.0 Å². The van der Waals surface area contributed by atoms with E-state index in [-0.39, 0.29) is 0 Å². The van der Waals surface area contributed by atoms with E-state index in [1.165, 1.54) is 11.2 Å². The van der Waals surface area contributed by atoms with Crippen molar-refractivity contribution in [3.05, 3.63) is 53.4 Å². The number of benzene rings is 1. The summed E-state index contributed by atoms with van der Waals surface area (Å²) in [6.45, 7) is 0.934. The lowest BCUT2D eigenvalue weighted by Gasteiger charge is -2.06. The summed E-state index contributed by atoms with van der Waals surface area (Å²) in [6, 6.07) is 10.1. The maximum Gasteiger partial charge on any atom is 0.0499 e. The highest BCUT2D eigenvalue weighted by atomic mass is 35.5. The van der Waals surface area contributed by atoms with E-state index in [9.17, 15) is 0 Å². The van der Waals surface area contributed by atoms with Crippen molar-refractivity contribution in [1.29, 1.82) is 0 Å². The second-order valence-electron chi connectivity index (χ2n) is 4.38. The van der Waals surface area contributed by atoms with E-state index in [1.807, 2.05) is 30.1 Å². The molecular weight excluding hydrogens is 246 g/mol. The fourth-order valence-electron chi connectivity index (χ4n) is 2.26. The van der Waals surface area contributed by atoms with Crippen molar-refractivity contribution in [2.24, 2.45) is 7.05 Å². The molecule has 3 aromatic rings. The van der Waals surface area contributed by atoms with E-state index in [4.69, 9.17) is 11.6 Å². The first-order valence-corrected chi connectivity index (χ1v) is 6.34. The molecule has 0 N–H and O–H groups in total. The van der Waals surface area contributed by atoms with E-state index < -0.39 is 0 Å². The third kappa shape index (κ3) is 1.91. The standard InChI is InChI=1S/C14H14ClN3/c1-17-11(5-8-16-17)6-9-18-10-7-12-13(15)3-2-4-14(12)18/h2-5,7-8,10H,6,9H2,1H3. The first-order chi connectivity index (χ1) is 8.75. The number of halogens is 1. The lowest BCUT2D eigenvalue weighted by molar-refractivity contribution is 0.649. The Kier molecular flexibility index (Phi) is 2.84. The topological polar surface area (TPSA) is 22.8 Å². The first kappa shape index (κ1) is 11.4. The molecule has 92 valence electrons. The summed E-state index contributed by atoms with van der Waals surface area (Å²) in [4.78, 5) is 0. The van der Waals surface area contributed by atoms with Gasteiger partial charge in [-0.1, -0.05) is 17.7 Å². The Morgan fingerprint density at radius 3 is 2.89 bits per heavy atom. The molecule has 0 spiro atoms. The molecule has 0 amide bonds. The molecule has 0 atom stereocenters. The van der Waals surface area contributed by atoms with Crippen LogP contribution in [0.3, 0.4) is 0 Å². The van der Waals surface area contributed by atoms with Crippen molar-refractivity contribution in [3.63, 3.8) is 0 Å². The Morgan fingerprint density at radius 1 is 1.22 bits per heavy atom. The molecule has 2 heterocycles. The van der Waals surface area contributed by atoms with Gasteiger partial charge in [-0.25, -0.2) is 0 Å². The van der Waals surface area contributed by atoms with Crippen molar-refractivity contribution in [2.45, 2.75) is 13.0 Å². The number of fused-ring (bicyclic) bond motifs is 1. The van der Waals surface area contributed by atoms with Crippen LogP contribution in [-0.4, -0.2) is 14.3 Å². The summed E-state index contributed by atoms with van der Waals surface area (Å²) in [5, 5.41) is 6.11. The van der Waals surface area contributed by atoms with E-state index in [0.717, 1.165) is 23.4 Å². The first-order valence-electron chi connectivity index (χ1n) is 5.96. The van der Waals surface area contributed by atoms with Crippen LogP contribution < -0.4 is 0 Å². The van der Waals surface area contributed by atoms with Gasteiger partial charge in [-0.15, -0.1) is 0 Å². The maximum atomic E-state index is 6.17. The number of nitrogens with zero attached hydrogens (tertiary/aromatic N) is 3. The highest BCUT2D eigenvalue weighted by Crippen LogP contribution is 2.24. The molecule has 0 aliphatic rings. The summed E-state index contributed by atoms with van der Waals surface area (Å²) in [5.74, 6) is 0. The second-order valence-corrected chi connectivity index (χ2v) is 4.79. The molecule has 0 aliphatic carbocycles. The summed E-state index contributed by atoms with van der Waals surface area (Å²) >= 11 is 6.17. The smallest absolute Gasteiger partial charge is 0.0499 e. The number of aromatic nitrogens is 3. The van der Waals surface area contributed by atoms with E-state index >= 15 is 0 Å². The van der Waals surface area contributed by atoms with Crippen molar-refractivity contribution >= 4 is 22.5 Å². The van der Waals surface area contributed by atoms with Gasteiger partial charge in [-0.3, -0.25) is 4.68 Å².